The molecule has 0 aromatic carbocycles. The lowest BCUT2D eigenvalue weighted by Crippen LogP contribution is -2.24. The molecule has 2 N–H and O–H groups in total. The topological polar surface area (TPSA) is 85.8 Å². The van der Waals surface area contributed by atoms with Gasteiger partial charge in [0.05, 0.1) is 23.3 Å². The van der Waals surface area contributed by atoms with Gasteiger partial charge in [0.2, 0.25) is 0 Å². The van der Waals surface area contributed by atoms with Gasteiger partial charge in [-0.25, -0.2) is 15.0 Å². The minimum Gasteiger partial charge on any atom is -0.384 e. The first-order valence-corrected chi connectivity index (χ1v) is 7.09. The predicted octanol–water partition coefficient (Wildman–Crippen LogP) is 1.85. The third kappa shape index (κ3) is 2.34. The summed E-state index contributed by atoms with van der Waals surface area (Å²) in [7, 11) is 3.87. The minimum absolute atomic E-state index is 0.0289. The molecule has 0 bridgehead atoms. The largest absolute Gasteiger partial charge is 0.384 e. The Hall–Kier alpha value is -2.70. The zero-order valence-electron chi connectivity index (χ0n) is 13.1. The van der Waals surface area contributed by atoms with Gasteiger partial charge in [0.25, 0.3) is 0 Å². The molecule has 0 saturated heterocycles. The van der Waals surface area contributed by atoms with Crippen molar-refractivity contribution in [1.82, 2.24) is 24.7 Å². The van der Waals surface area contributed by atoms with Crippen molar-refractivity contribution in [2.45, 2.75) is 19.9 Å². The summed E-state index contributed by atoms with van der Waals surface area (Å²) in [6.07, 6.45) is 1.79. The monoisotopic (exact) mass is 297 g/mol. The van der Waals surface area contributed by atoms with Gasteiger partial charge >= 0.3 is 0 Å². The lowest BCUT2D eigenvalue weighted by molar-refractivity contribution is 0.706. The summed E-state index contributed by atoms with van der Waals surface area (Å²) in [5.74, 6) is 2.07. The molecule has 22 heavy (non-hydrogen) atoms. The van der Waals surface area contributed by atoms with Gasteiger partial charge in [0.1, 0.15) is 17.5 Å². The number of aromatic nitrogens is 5. The quantitative estimate of drug-likeness (QED) is 0.794. The number of aryl methyl sites for hydroxylation is 2. The van der Waals surface area contributed by atoms with E-state index in [1.54, 1.807) is 16.9 Å². The van der Waals surface area contributed by atoms with Gasteiger partial charge in [-0.2, -0.15) is 5.10 Å². The van der Waals surface area contributed by atoms with E-state index < -0.39 is 0 Å². The Kier molecular flexibility index (Phi) is 3.40. The Morgan fingerprint density at radius 2 is 2.00 bits per heavy atom. The van der Waals surface area contributed by atoms with Crippen LogP contribution < -0.4 is 10.6 Å². The second kappa shape index (κ2) is 5.25. The van der Waals surface area contributed by atoms with Crippen LogP contribution >= 0.6 is 0 Å². The van der Waals surface area contributed by atoms with Gasteiger partial charge < -0.3 is 10.6 Å². The Morgan fingerprint density at radius 1 is 1.23 bits per heavy atom. The molecule has 3 aromatic heterocycles. The molecule has 0 spiro atoms. The molecule has 114 valence electrons. The molecule has 3 aromatic rings. The first kappa shape index (κ1) is 14.2. The summed E-state index contributed by atoms with van der Waals surface area (Å²) >= 11 is 0. The standard InChI is InChI=1S/C15H19N7/c1-9(12-6-5-7-13(16)20-12)21(3)14-11-8-17-22(4)15(11)19-10(2)18-14/h5-9H,1-4H3,(H2,16,20). The van der Waals surface area contributed by atoms with E-state index in [4.69, 9.17) is 5.73 Å². The maximum absolute atomic E-state index is 5.78. The highest BCUT2D eigenvalue weighted by Crippen LogP contribution is 2.28. The van der Waals surface area contributed by atoms with Crippen LogP contribution in [0.5, 0.6) is 0 Å². The molecular formula is C15H19N7. The number of nitrogens with zero attached hydrogens (tertiary/aromatic N) is 6. The number of nitrogens with two attached hydrogens (primary N) is 1. The second-order valence-electron chi connectivity index (χ2n) is 5.37. The summed E-state index contributed by atoms with van der Waals surface area (Å²) in [6.45, 7) is 3.95. The molecule has 7 heteroatoms. The number of hydrogen-bond donors (Lipinski definition) is 1. The van der Waals surface area contributed by atoms with Crippen molar-refractivity contribution in [3.63, 3.8) is 0 Å². The van der Waals surface area contributed by atoms with Crippen LogP contribution in [-0.2, 0) is 7.05 Å². The van der Waals surface area contributed by atoms with Gasteiger partial charge in [-0.1, -0.05) is 6.07 Å². The van der Waals surface area contributed by atoms with Crippen LogP contribution in [0.15, 0.2) is 24.4 Å². The molecule has 1 atom stereocenters. The highest BCUT2D eigenvalue weighted by molar-refractivity contribution is 5.87. The summed E-state index contributed by atoms with van der Waals surface area (Å²) in [5, 5.41) is 5.20. The third-order valence-corrected chi connectivity index (χ3v) is 3.82. The van der Waals surface area contributed by atoms with Gasteiger partial charge in [-0.15, -0.1) is 0 Å². The van der Waals surface area contributed by atoms with Crippen molar-refractivity contribution in [2.24, 2.45) is 7.05 Å². The number of pyridine rings is 1. The average Bonchev–Trinajstić information content (AvgIpc) is 2.86. The molecule has 0 aliphatic heterocycles. The number of hydrogen-bond acceptors (Lipinski definition) is 6. The molecule has 0 aliphatic carbocycles. The Labute approximate surface area is 128 Å². The fraction of sp³-hybridized carbons (Fsp3) is 0.333. The molecule has 0 saturated carbocycles. The number of nitrogen functional groups attached to an aromatic ring is 1. The first-order chi connectivity index (χ1) is 10.5. The Balaban J connectivity index is 2.06. The van der Waals surface area contributed by atoms with Crippen LogP contribution in [0, 0.1) is 6.92 Å². The third-order valence-electron chi connectivity index (χ3n) is 3.82. The van der Waals surface area contributed by atoms with Crippen LogP contribution in [0.2, 0.25) is 0 Å². The average molecular weight is 297 g/mol. The first-order valence-electron chi connectivity index (χ1n) is 7.09. The van der Waals surface area contributed by atoms with E-state index in [2.05, 4.69) is 31.9 Å². The lowest BCUT2D eigenvalue weighted by Gasteiger charge is -2.26. The lowest BCUT2D eigenvalue weighted by atomic mass is 10.2. The second-order valence-corrected chi connectivity index (χ2v) is 5.37. The molecule has 1 unspecified atom stereocenters. The summed E-state index contributed by atoms with van der Waals surface area (Å²) in [5.41, 5.74) is 7.50. The molecular weight excluding hydrogens is 278 g/mol. The van der Waals surface area contributed by atoms with E-state index in [0.29, 0.717) is 11.6 Å². The van der Waals surface area contributed by atoms with E-state index in [1.165, 1.54) is 0 Å². The molecule has 7 nitrogen and oxygen atoms in total. The maximum Gasteiger partial charge on any atom is 0.163 e. The molecule has 0 radical (unpaired) electrons. The van der Waals surface area contributed by atoms with Crippen LogP contribution in [-0.4, -0.2) is 31.8 Å². The fourth-order valence-electron chi connectivity index (χ4n) is 2.47. The zero-order valence-corrected chi connectivity index (χ0v) is 13.1. The van der Waals surface area contributed by atoms with Crippen molar-refractivity contribution in [3.05, 3.63) is 35.9 Å². The van der Waals surface area contributed by atoms with E-state index in [-0.39, 0.29) is 6.04 Å². The van der Waals surface area contributed by atoms with Crippen LogP contribution in [0.1, 0.15) is 24.5 Å². The van der Waals surface area contributed by atoms with Gasteiger partial charge in [0, 0.05) is 14.1 Å². The molecule has 3 rings (SSSR count). The van der Waals surface area contributed by atoms with Crippen molar-refractivity contribution in [3.8, 4) is 0 Å². The predicted molar refractivity (Wildman–Crippen MR) is 86.5 cm³/mol. The van der Waals surface area contributed by atoms with Gasteiger partial charge in [-0.3, -0.25) is 4.68 Å². The van der Waals surface area contributed by atoms with E-state index in [0.717, 1.165) is 22.5 Å². The Morgan fingerprint density at radius 3 is 2.73 bits per heavy atom. The van der Waals surface area contributed by atoms with Crippen molar-refractivity contribution in [2.75, 3.05) is 17.7 Å². The Bertz CT molecular complexity index is 824. The SMILES string of the molecule is Cc1nc(N(C)C(C)c2cccc(N)n2)c2cnn(C)c2n1. The van der Waals surface area contributed by atoms with Crippen molar-refractivity contribution in [1.29, 1.82) is 0 Å². The number of fused-ring (bicyclic) bond motifs is 1. The normalized spacial score (nSPS) is 12.5. The minimum atomic E-state index is 0.0289. The summed E-state index contributed by atoms with van der Waals surface area (Å²) < 4.78 is 1.75. The maximum atomic E-state index is 5.78. The molecule has 3 heterocycles. The van der Waals surface area contributed by atoms with Crippen molar-refractivity contribution < 1.29 is 0 Å². The van der Waals surface area contributed by atoms with Gasteiger partial charge in [-0.05, 0) is 26.0 Å². The summed E-state index contributed by atoms with van der Waals surface area (Å²) in [4.78, 5) is 15.5. The molecule has 0 aliphatic rings. The fourth-order valence-corrected chi connectivity index (χ4v) is 2.47. The van der Waals surface area contributed by atoms with Crippen LogP contribution in [0.4, 0.5) is 11.6 Å². The highest BCUT2D eigenvalue weighted by atomic mass is 15.3. The summed E-state index contributed by atoms with van der Waals surface area (Å²) in [6, 6.07) is 5.68. The van der Waals surface area contributed by atoms with Crippen LogP contribution in [0.3, 0.4) is 0 Å². The molecule has 0 amide bonds. The van der Waals surface area contributed by atoms with Crippen molar-refractivity contribution >= 4 is 22.7 Å². The smallest absolute Gasteiger partial charge is 0.163 e. The highest BCUT2D eigenvalue weighted by Gasteiger charge is 2.19. The van der Waals surface area contributed by atoms with E-state index in [9.17, 15) is 0 Å². The van der Waals surface area contributed by atoms with Crippen LogP contribution in [0.25, 0.3) is 11.0 Å². The molecule has 0 fully saturated rings. The number of anilines is 2. The number of rotatable bonds is 3. The van der Waals surface area contributed by atoms with E-state index >= 15 is 0 Å². The zero-order chi connectivity index (χ0) is 15.9. The van der Waals surface area contributed by atoms with Gasteiger partial charge in [0.15, 0.2) is 5.65 Å². The van der Waals surface area contributed by atoms with E-state index in [1.807, 2.05) is 33.2 Å².